The van der Waals surface area contributed by atoms with Crippen LogP contribution in [0.3, 0.4) is 0 Å². The molecular weight excluding hydrogens is 793 g/mol. The molecule has 12 aromatic rings. The minimum atomic E-state index is -0.310. The Bertz CT molecular complexity index is 3900. The van der Waals surface area contributed by atoms with Gasteiger partial charge < -0.3 is 18.6 Å². The third kappa shape index (κ3) is 5.50. The highest BCUT2D eigenvalue weighted by Crippen LogP contribution is 2.56. The van der Waals surface area contributed by atoms with E-state index in [1.54, 1.807) is 0 Å². The molecule has 10 aromatic carbocycles. The van der Waals surface area contributed by atoms with Gasteiger partial charge in [-0.25, -0.2) is 0 Å². The molecule has 2 aromatic heterocycles. The van der Waals surface area contributed by atoms with Gasteiger partial charge in [0.25, 0.3) is 0 Å². The highest BCUT2D eigenvalue weighted by atomic mass is 16.3. The van der Waals surface area contributed by atoms with Crippen molar-refractivity contribution < 1.29 is 8.83 Å². The Labute approximate surface area is 377 Å². The van der Waals surface area contributed by atoms with E-state index in [1.165, 1.54) is 43.8 Å². The second kappa shape index (κ2) is 14.0. The fourth-order valence-corrected chi connectivity index (χ4v) is 10.9. The summed E-state index contributed by atoms with van der Waals surface area (Å²) < 4.78 is 13.6. The van der Waals surface area contributed by atoms with Crippen LogP contribution in [0.1, 0.15) is 36.1 Å². The van der Waals surface area contributed by atoms with Crippen molar-refractivity contribution in [2.75, 3.05) is 9.80 Å². The molecule has 4 nitrogen and oxygen atoms in total. The summed E-state index contributed by atoms with van der Waals surface area (Å²) in [4.78, 5) is 4.75. The van der Waals surface area contributed by atoms with E-state index in [4.69, 9.17) is 8.83 Å². The number of anilines is 6. The first-order valence-corrected chi connectivity index (χ1v) is 22.5. The summed E-state index contributed by atoms with van der Waals surface area (Å²) in [7, 11) is 0. The number of hydrogen-bond donors (Lipinski definition) is 0. The minimum absolute atomic E-state index is 0.310. The zero-order valence-corrected chi connectivity index (χ0v) is 36.7. The van der Waals surface area contributed by atoms with Gasteiger partial charge in [0.2, 0.25) is 0 Å². The maximum Gasteiger partial charge on any atom is 0.159 e. The molecule has 0 radical (unpaired) electrons. The smallest absolute Gasteiger partial charge is 0.159 e. The monoisotopic (exact) mass is 836 g/mol. The largest absolute Gasteiger partial charge is 0.454 e. The van der Waals surface area contributed by atoms with Crippen molar-refractivity contribution in [3.8, 4) is 11.1 Å². The van der Waals surface area contributed by atoms with Crippen molar-refractivity contribution in [2.24, 2.45) is 0 Å². The van der Waals surface area contributed by atoms with Gasteiger partial charge in [0.15, 0.2) is 11.2 Å². The Morgan fingerprint density at radius 1 is 0.354 bits per heavy atom. The zero-order chi connectivity index (χ0) is 43.6. The Hall–Kier alpha value is -8.08. The fraction of sp³-hybridized carbons (Fsp3) is 0.0820. The molecule has 0 amide bonds. The minimum Gasteiger partial charge on any atom is -0.454 e. The van der Waals surface area contributed by atoms with E-state index in [2.05, 4.69) is 232 Å². The van der Waals surface area contributed by atoms with Crippen molar-refractivity contribution in [1.29, 1.82) is 0 Å². The number of nitrogens with zero attached hydrogens (tertiary/aromatic N) is 2. The van der Waals surface area contributed by atoms with Crippen LogP contribution in [0, 0.1) is 13.8 Å². The molecule has 0 unspecified atom stereocenters. The van der Waals surface area contributed by atoms with Crippen LogP contribution in [-0.2, 0) is 5.41 Å². The molecule has 13 rings (SSSR count). The number of rotatable bonds is 6. The van der Waals surface area contributed by atoms with Crippen molar-refractivity contribution in [1.82, 2.24) is 0 Å². The summed E-state index contributed by atoms with van der Waals surface area (Å²) in [5.41, 5.74) is 17.2. The van der Waals surface area contributed by atoms with Gasteiger partial charge >= 0.3 is 0 Å². The van der Waals surface area contributed by atoms with E-state index in [0.29, 0.717) is 0 Å². The number of hydrogen-bond acceptors (Lipinski definition) is 4. The lowest BCUT2D eigenvalue weighted by molar-refractivity contribution is 0.661. The van der Waals surface area contributed by atoms with Crippen LogP contribution in [0.5, 0.6) is 0 Å². The summed E-state index contributed by atoms with van der Waals surface area (Å²) in [5, 5.41) is 9.31. The molecule has 1 aliphatic rings. The second-order valence-electron chi connectivity index (χ2n) is 18.2. The molecule has 310 valence electrons. The van der Waals surface area contributed by atoms with Gasteiger partial charge in [-0.1, -0.05) is 141 Å². The van der Waals surface area contributed by atoms with E-state index in [-0.39, 0.29) is 5.41 Å². The third-order valence-corrected chi connectivity index (χ3v) is 14.0. The zero-order valence-electron chi connectivity index (χ0n) is 36.7. The van der Waals surface area contributed by atoms with E-state index in [0.717, 1.165) is 89.1 Å². The van der Waals surface area contributed by atoms with Gasteiger partial charge in [0, 0.05) is 49.4 Å². The average Bonchev–Trinajstić information content (AvgIpc) is 3.99. The van der Waals surface area contributed by atoms with Crippen LogP contribution in [0.25, 0.3) is 76.5 Å². The quantitative estimate of drug-likeness (QED) is 0.167. The summed E-state index contributed by atoms with van der Waals surface area (Å²) in [5.74, 6) is 0. The summed E-state index contributed by atoms with van der Waals surface area (Å²) in [6, 6.07) is 70.4. The van der Waals surface area contributed by atoms with Crippen LogP contribution < -0.4 is 9.80 Å². The van der Waals surface area contributed by atoms with Crippen molar-refractivity contribution >= 4 is 99.5 Å². The topological polar surface area (TPSA) is 32.8 Å². The van der Waals surface area contributed by atoms with E-state index in [9.17, 15) is 0 Å². The van der Waals surface area contributed by atoms with Gasteiger partial charge in [-0.3, -0.25) is 0 Å². The fourth-order valence-electron chi connectivity index (χ4n) is 10.9. The van der Waals surface area contributed by atoms with Crippen LogP contribution in [0.4, 0.5) is 34.1 Å². The van der Waals surface area contributed by atoms with Crippen LogP contribution in [0.2, 0.25) is 0 Å². The lowest BCUT2D eigenvalue weighted by Gasteiger charge is -2.29. The van der Waals surface area contributed by atoms with Crippen LogP contribution >= 0.6 is 0 Å². The summed E-state index contributed by atoms with van der Waals surface area (Å²) >= 11 is 0. The maximum atomic E-state index is 6.85. The first kappa shape index (κ1) is 37.5. The number of aryl methyl sites for hydroxylation is 2. The number of para-hydroxylation sites is 6. The molecule has 0 fully saturated rings. The molecule has 0 N–H and O–H groups in total. The first-order valence-electron chi connectivity index (χ1n) is 22.5. The Kier molecular flexibility index (Phi) is 8.05. The molecule has 0 saturated carbocycles. The van der Waals surface area contributed by atoms with Gasteiger partial charge in [-0.15, -0.1) is 0 Å². The molecule has 1 aliphatic carbocycles. The predicted molar refractivity (Wildman–Crippen MR) is 272 cm³/mol. The number of furan rings is 2. The number of fused-ring (bicyclic) bond motifs is 12. The molecular formula is C61H44N2O2. The second-order valence-corrected chi connectivity index (χ2v) is 18.2. The van der Waals surface area contributed by atoms with Gasteiger partial charge in [0.05, 0.1) is 17.1 Å². The highest BCUT2D eigenvalue weighted by Gasteiger charge is 2.38. The molecule has 0 spiro atoms. The molecule has 0 saturated heterocycles. The summed E-state index contributed by atoms with van der Waals surface area (Å²) in [6.45, 7) is 9.03. The Morgan fingerprint density at radius 2 is 0.862 bits per heavy atom. The third-order valence-electron chi connectivity index (χ3n) is 14.0. The predicted octanol–water partition coefficient (Wildman–Crippen LogP) is 17.7. The molecule has 0 aliphatic heterocycles. The highest BCUT2D eigenvalue weighted by molar-refractivity contribution is 6.16. The summed E-state index contributed by atoms with van der Waals surface area (Å²) in [6.07, 6.45) is 0. The first-order chi connectivity index (χ1) is 31.8. The Morgan fingerprint density at radius 3 is 1.48 bits per heavy atom. The van der Waals surface area contributed by atoms with Crippen molar-refractivity contribution in [3.05, 3.63) is 216 Å². The van der Waals surface area contributed by atoms with Gasteiger partial charge in [0.1, 0.15) is 11.2 Å². The lowest BCUT2D eigenvalue weighted by Crippen LogP contribution is -2.17. The SMILES string of the molecule is Cc1cccc2c1oc1c(N(c3ccccc3)c3ccc4cc5c(cc4c3)C(C)(C)c3cc(N(c4ccccc4)c4cccc6c4oc4c(C)cccc46)c4ccccc4c3-5)cccc12. The standard InChI is InChI=1S/C61H44N2O2/c1-37-17-13-25-46-48-27-15-29-53(59(48)64-57(37)46)62(41-19-7-5-8-20-41)43-32-31-39-34-50-51(35-40(39)33-43)61(3,4)52-36-55(44-23-11-12-24-45(44)56(50)52)63(42-21-9-6-10-22-42)54-30-16-28-49-47-26-14-18-38(2)58(47)65-60(49)54/h5-36H,1-4H3. The average molecular weight is 837 g/mol. The van der Waals surface area contributed by atoms with Gasteiger partial charge in [-0.2, -0.15) is 0 Å². The van der Waals surface area contributed by atoms with Gasteiger partial charge in [-0.05, 0) is 130 Å². The molecule has 0 bridgehead atoms. The molecule has 2 heterocycles. The molecule has 0 atom stereocenters. The normalized spacial score (nSPS) is 13.0. The van der Waals surface area contributed by atoms with E-state index in [1.807, 2.05) is 0 Å². The Balaban J connectivity index is 1.00. The van der Waals surface area contributed by atoms with Crippen molar-refractivity contribution in [3.63, 3.8) is 0 Å². The van der Waals surface area contributed by atoms with Crippen LogP contribution in [-0.4, -0.2) is 0 Å². The van der Waals surface area contributed by atoms with Crippen LogP contribution in [0.15, 0.2) is 203 Å². The number of benzene rings is 10. The lowest BCUT2D eigenvalue weighted by atomic mass is 9.81. The van der Waals surface area contributed by atoms with E-state index >= 15 is 0 Å². The van der Waals surface area contributed by atoms with E-state index < -0.39 is 0 Å². The van der Waals surface area contributed by atoms with Crippen molar-refractivity contribution in [2.45, 2.75) is 33.1 Å². The maximum absolute atomic E-state index is 6.85. The molecule has 4 heteroatoms. The molecule has 65 heavy (non-hydrogen) atoms.